The highest BCUT2D eigenvalue weighted by Gasteiger charge is 2.01. The van der Waals surface area contributed by atoms with E-state index in [4.69, 9.17) is 12.2 Å². The van der Waals surface area contributed by atoms with E-state index < -0.39 is 0 Å². The van der Waals surface area contributed by atoms with E-state index >= 15 is 0 Å². The molecule has 0 atom stereocenters. The maximum Gasteiger partial charge on any atom is 0.177 e. The van der Waals surface area contributed by atoms with Crippen molar-refractivity contribution in [2.45, 2.75) is 26.3 Å². The Balaban J connectivity index is 2.10. The van der Waals surface area contributed by atoms with Gasteiger partial charge in [0.15, 0.2) is 4.77 Å². The molecule has 0 saturated carbocycles. The van der Waals surface area contributed by atoms with E-state index in [1.165, 1.54) is 11.3 Å². The lowest BCUT2D eigenvalue weighted by atomic mass is 10.1. The quantitative estimate of drug-likeness (QED) is 0.802. The summed E-state index contributed by atoms with van der Waals surface area (Å²) in [6.07, 6.45) is 4.05. The number of hydrogen-bond acceptors (Lipinski definition) is 1. The summed E-state index contributed by atoms with van der Waals surface area (Å²) in [7, 11) is 0. The van der Waals surface area contributed by atoms with E-state index in [2.05, 4.69) is 40.7 Å². The third kappa shape index (κ3) is 2.42. The zero-order valence-electron chi connectivity index (χ0n) is 9.44. The molecule has 2 nitrogen and oxygen atoms in total. The standard InChI is InChI=1S/C13H16N2S/c1-2-12-10-14-13(16)15(12)9-8-11-6-4-3-5-7-11/h3-7,10H,2,8-9H2,1H3,(H,14,16). The van der Waals surface area contributed by atoms with E-state index in [1.807, 2.05) is 12.3 Å². The number of aromatic amines is 1. The van der Waals surface area contributed by atoms with Crippen LogP contribution in [0, 0.1) is 4.77 Å². The molecule has 0 amide bonds. The fraction of sp³-hybridized carbons (Fsp3) is 0.308. The van der Waals surface area contributed by atoms with Crippen LogP contribution in [0.15, 0.2) is 36.5 Å². The van der Waals surface area contributed by atoms with Gasteiger partial charge in [-0.2, -0.15) is 0 Å². The Morgan fingerprint density at radius 2 is 2.00 bits per heavy atom. The molecule has 16 heavy (non-hydrogen) atoms. The Kier molecular flexibility index (Phi) is 3.57. The van der Waals surface area contributed by atoms with E-state index in [-0.39, 0.29) is 0 Å². The summed E-state index contributed by atoms with van der Waals surface area (Å²) in [4.78, 5) is 3.10. The topological polar surface area (TPSA) is 20.7 Å². The van der Waals surface area contributed by atoms with Gasteiger partial charge in [0.05, 0.1) is 0 Å². The lowest BCUT2D eigenvalue weighted by Crippen LogP contribution is -2.05. The fourth-order valence-electron chi connectivity index (χ4n) is 1.85. The molecule has 0 fully saturated rings. The predicted octanol–water partition coefficient (Wildman–Crippen LogP) is 3.35. The number of imidazole rings is 1. The first-order valence-corrected chi connectivity index (χ1v) is 6.03. The van der Waals surface area contributed by atoms with Crippen LogP contribution in [0.1, 0.15) is 18.2 Å². The first-order valence-electron chi connectivity index (χ1n) is 5.62. The van der Waals surface area contributed by atoms with Gasteiger partial charge in [0, 0.05) is 18.4 Å². The van der Waals surface area contributed by atoms with Crippen molar-refractivity contribution in [2.75, 3.05) is 0 Å². The minimum Gasteiger partial charge on any atom is -0.337 e. The smallest absolute Gasteiger partial charge is 0.177 e. The van der Waals surface area contributed by atoms with Crippen LogP contribution in [-0.4, -0.2) is 9.55 Å². The SMILES string of the molecule is CCc1c[nH]c(=S)n1CCc1ccccc1. The van der Waals surface area contributed by atoms with Crippen LogP contribution in [0.25, 0.3) is 0 Å². The molecule has 0 unspecified atom stereocenters. The van der Waals surface area contributed by atoms with Crippen molar-refractivity contribution in [1.29, 1.82) is 0 Å². The van der Waals surface area contributed by atoms with E-state index in [0.29, 0.717) is 0 Å². The average molecular weight is 232 g/mol. The van der Waals surface area contributed by atoms with Crippen LogP contribution >= 0.6 is 12.2 Å². The number of aryl methyl sites for hydroxylation is 2. The molecule has 0 bridgehead atoms. The lowest BCUT2D eigenvalue weighted by molar-refractivity contribution is 0.656. The third-order valence-electron chi connectivity index (χ3n) is 2.78. The summed E-state index contributed by atoms with van der Waals surface area (Å²) in [5.74, 6) is 0. The largest absolute Gasteiger partial charge is 0.337 e. The fourth-order valence-corrected chi connectivity index (χ4v) is 2.12. The normalized spacial score (nSPS) is 10.6. The van der Waals surface area contributed by atoms with Gasteiger partial charge in [-0.1, -0.05) is 37.3 Å². The number of nitrogens with one attached hydrogen (secondary N) is 1. The van der Waals surface area contributed by atoms with Crippen molar-refractivity contribution < 1.29 is 0 Å². The summed E-state index contributed by atoms with van der Waals surface area (Å²) in [6, 6.07) is 10.5. The Morgan fingerprint density at radius 3 is 2.69 bits per heavy atom. The number of rotatable bonds is 4. The minimum absolute atomic E-state index is 0.827. The van der Waals surface area contributed by atoms with Gasteiger partial charge in [-0.3, -0.25) is 0 Å². The molecule has 0 saturated heterocycles. The highest BCUT2D eigenvalue weighted by molar-refractivity contribution is 7.71. The molecule has 0 radical (unpaired) electrons. The first kappa shape index (κ1) is 11.1. The molecule has 2 aromatic rings. The highest BCUT2D eigenvalue weighted by Crippen LogP contribution is 2.06. The molecule has 1 heterocycles. The molecule has 2 rings (SSSR count). The van der Waals surface area contributed by atoms with E-state index in [9.17, 15) is 0 Å². The van der Waals surface area contributed by atoms with Crippen molar-refractivity contribution in [3.63, 3.8) is 0 Å². The Labute approximate surface area is 101 Å². The molecular weight excluding hydrogens is 216 g/mol. The van der Waals surface area contributed by atoms with Crippen molar-refractivity contribution in [1.82, 2.24) is 9.55 Å². The molecule has 0 spiro atoms. The van der Waals surface area contributed by atoms with Gasteiger partial charge in [-0.05, 0) is 30.6 Å². The summed E-state index contributed by atoms with van der Waals surface area (Å²) in [5, 5.41) is 0. The third-order valence-corrected chi connectivity index (χ3v) is 3.12. The number of nitrogens with zero attached hydrogens (tertiary/aromatic N) is 1. The summed E-state index contributed by atoms with van der Waals surface area (Å²) < 4.78 is 3.01. The van der Waals surface area contributed by atoms with Gasteiger partial charge in [-0.25, -0.2) is 0 Å². The maximum absolute atomic E-state index is 5.26. The van der Waals surface area contributed by atoms with Crippen LogP contribution in [0.2, 0.25) is 0 Å². The monoisotopic (exact) mass is 232 g/mol. The molecular formula is C13H16N2S. The lowest BCUT2D eigenvalue weighted by Gasteiger charge is -2.06. The van der Waals surface area contributed by atoms with E-state index in [0.717, 1.165) is 24.2 Å². The van der Waals surface area contributed by atoms with Crippen LogP contribution in [0.3, 0.4) is 0 Å². The molecule has 0 aliphatic rings. The average Bonchev–Trinajstić information content (AvgIpc) is 2.69. The number of hydrogen-bond donors (Lipinski definition) is 1. The molecule has 1 aromatic heterocycles. The molecule has 1 aromatic carbocycles. The Hall–Kier alpha value is -1.35. The maximum atomic E-state index is 5.26. The molecule has 0 aliphatic heterocycles. The van der Waals surface area contributed by atoms with Gasteiger partial charge in [-0.15, -0.1) is 0 Å². The molecule has 84 valence electrons. The minimum atomic E-state index is 0.827. The van der Waals surface area contributed by atoms with Crippen molar-refractivity contribution in [3.8, 4) is 0 Å². The Bertz CT molecular complexity index is 496. The van der Waals surface area contributed by atoms with Gasteiger partial charge in [0.1, 0.15) is 0 Å². The van der Waals surface area contributed by atoms with Gasteiger partial charge in [0.25, 0.3) is 0 Å². The summed E-state index contributed by atoms with van der Waals surface area (Å²) in [6.45, 7) is 3.10. The van der Waals surface area contributed by atoms with Gasteiger partial charge >= 0.3 is 0 Å². The van der Waals surface area contributed by atoms with Gasteiger partial charge in [0.2, 0.25) is 0 Å². The second-order valence-electron chi connectivity index (χ2n) is 3.83. The zero-order valence-corrected chi connectivity index (χ0v) is 10.3. The van der Waals surface area contributed by atoms with Crippen LogP contribution in [-0.2, 0) is 19.4 Å². The van der Waals surface area contributed by atoms with Crippen molar-refractivity contribution in [3.05, 3.63) is 52.6 Å². The number of H-pyrrole nitrogens is 1. The van der Waals surface area contributed by atoms with Crippen LogP contribution in [0.5, 0.6) is 0 Å². The summed E-state index contributed by atoms with van der Waals surface area (Å²) in [5.41, 5.74) is 2.63. The zero-order chi connectivity index (χ0) is 11.4. The van der Waals surface area contributed by atoms with Crippen LogP contribution in [0.4, 0.5) is 0 Å². The first-order chi connectivity index (χ1) is 7.81. The predicted molar refractivity (Wildman–Crippen MR) is 69.1 cm³/mol. The summed E-state index contributed by atoms with van der Waals surface area (Å²) >= 11 is 5.26. The number of aromatic nitrogens is 2. The van der Waals surface area contributed by atoms with Crippen molar-refractivity contribution in [2.24, 2.45) is 0 Å². The number of benzene rings is 1. The molecule has 0 aliphatic carbocycles. The highest BCUT2D eigenvalue weighted by atomic mass is 32.1. The van der Waals surface area contributed by atoms with E-state index in [1.54, 1.807) is 0 Å². The Morgan fingerprint density at radius 1 is 1.25 bits per heavy atom. The van der Waals surface area contributed by atoms with Crippen LogP contribution < -0.4 is 0 Å². The van der Waals surface area contributed by atoms with Gasteiger partial charge < -0.3 is 9.55 Å². The second kappa shape index (κ2) is 5.12. The molecule has 1 N–H and O–H groups in total. The second-order valence-corrected chi connectivity index (χ2v) is 4.21. The van der Waals surface area contributed by atoms with Crippen molar-refractivity contribution >= 4 is 12.2 Å². The molecule has 3 heteroatoms.